The van der Waals surface area contributed by atoms with Gasteiger partial charge in [0.25, 0.3) is 5.91 Å². The van der Waals surface area contributed by atoms with Crippen molar-refractivity contribution in [2.24, 2.45) is 0 Å². The van der Waals surface area contributed by atoms with Crippen molar-refractivity contribution in [1.82, 2.24) is 0 Å². The average molecular weight is 379 g/mol. The molecule has 0 heterocycles. The minimum absolute atomic E-state index is 0.0351. The maximum atomic E-state index is 13.5. The predicted octanol–water partition coefficient (Wildman–Crippen LogP) is 2.56. The van der Waals surface area contributed by atoms with Gasteiger partial charge in [-0.15, -0.1) is 0 Å². The summed E-state index contributed by atoms with van der Waals surface area (Å²) in [5, 5.41) is 2.30. The van der Waals surface area contributed by atoms with Crippen LogP contribution in [0.5, 0.6) is 0 Å². The molecule has 0 aliphatic rings. The Bertz CT molecular complexity index is 883. The molecular formula is C18H18FNO5S. The standard InChI is InChI=1S/C18H18FNO5S/c1-13(18(22)20-16-10-6-5-9-15(16)19)25-17(21)11-12-26(23,24)14-7-3-2-4-8-14/h2-10,13H,11-12H2,1H3,(H,20,22)/t13-/m1/s1. The van der Waals surface area contributed by atoms with Crippen LogP contribution < -0.4 is 5.32 Å². The summed E-state index contributed by atoms with van der Waals surface area (Å²) in [5.41, 5.74) is -0.0351. The average Bonchev–Trinajstić information content (AvgIpc) is 2.62. The van der Waals surface area contributed by atoms with Gasteiger partial charge in [0.2, 0.25) is 0 Å². The van der Waals surface area contributed by atoms with Crippen LogP contribution in [-0.2, 0) is 24.2 Å². The molecular weight excluding hydrogens is 361 g/mol. The van der Waals surface area contributed by atoms with Crippen molar-refractivity contribution < 1.29 is 27.1 Å². The molecule has 26 heavy (non-hydrogen) atoms. The van der Waals surface area contributed by atoms with Crippen molar-refractivity contribution in [3.05, 3.63) is 60.4 Å². The Morgan fingerprint density at radius 3 is 2.35 bits per heavy atom. The van der Waals surface area contributed by atoms with E-state index in [2.05, 4.69) is 5.32 Å². The Hall–Kier alpha value is -2.74. The number of nitrogens with one attached hydrogen (secondary N) is 1. The van der Waals surface area contributed by atoms with Crippen LogP contribution in [0.15, 0.2) is 59.5 Å². The number of para-hydroxylation sites is 1. The molecule has 2 aromatic carbocycles. The summed E-state index contributed by atoms with van der Waals surface area (Å²) in [4.78, 5) is 23.9. The van der Waals surface area contributed by atoms with Crippen LogP contribution in [0.3, 0.4) is 0 Å². The number of sulfone groups is 1. The van der Waals surface area contributed by atoms with E-state index in [1.54, 1.807) is 24.3 Å². The topological polar surface area (TPSA) is 89.5 Å². The van der Waals surface area contributed by atoms with Gasteiger partial charge < -0.3 is 10.1 Å². The highest BCUT2D eigenvalue weighted by atomic mass is 32.2. The second-order valence-electron chi connectivity index (χ2n) is 5.48. The lowest BCUT2D eigenvalue weighted by atomic mass is 10.3. The van der Waals surface area contributed by atoms with Crippen LogP contribution in [-0.4, -0.2) is 32.2 Å². The van der Waals surface area contributed by atoms with Crippen LogP contribution in [0, 0.1) is 5.82 Å². The molecule has 0 unspecified atom stereocenters. The lowest BCUT2D eigenvalue weighted by molar-refractivity contribution is -0.152. The summed E-state index contributed by atoms with van der Waals surface area (Å²) in [6.07, 6.45) is -1.59. The van der Waals surface area contributed by atoms with Crippen LogP contribution in [0.1, 0.15) is 13.3 Å². The van der Waals surface area contributed by atoms with Gasteiger partial charge >= 0.3 is 5.97 Å². The van der Waals surface area contributed by atoms with Crippen molar-refractivity contribution in [3.63, 3.8) is 0 Å². The van der Waals surface area contributed by atoms with Crippen molar-refractivity contribution >= 4 is 27.4 Å². The highest BCUT2D eigenvalue weighted by molar-refractivity contribution is 7.91. The molecule has 0 saturated heterocycles. The maximum Gasteiger partial charge on any atom is 0.307 e. The highest BCUT2D eigenvalue weighted by Crippen LogP contribution is 2.14. The van der Waals surface area contributed by atoms with E-state index in [1.165, 1.54) is 37.3 Å². The summed E-state index contributed by atoms with van der Waals surface area (Å²) >= 11 is 0. The zero-order chi connectivity index (χ0) is 19.2. The number of rotatable bonds is 7. The quantitative estimate of drug-likeness (QED) is 0.747. The smallest absolute Gasteiger partial charge is 0.307 e. The summed E-state index contributed by atoms with van der Waals surface area (Å²) < 4.78 is 42.6. The monoisotopic (exact) mass is 379 g/mol. The fourth-order valence-electron chi connectivity index (χ4n) is 2.07. The van der Waals surface area contributed by atoms with Gasteiger partial charge in [-0.1, -0.05) is 30.3 Å². The van der Waals surface area contributed by atoms with Gasteiger partial charge in [-0.3, -0.25) is 9.59 Å². The summed E-state index contributed by atoms with van der Waals surface area (Å²) in [6.45, 7) is 1.32. The van der Waals surface area contributed by atoms with Gasteiger partial charge in [0.15, 0.2) is 15.9 Å². The summed E-state index contributed by atoms with van der Waals surface area (Å²) in [5.74, 6) is -2.60. The minimum atomic E-state index is -3.62. The predicted molar refractivity (Wildman–Crippen MR) is 93.7 cm³/mol. The molecule has 1 amide bonds. The number of hydrogen-bond donors (Lipinski definition) is 1. The Kier molecular flexibility index (Phi) is 6.46. The fraction of sp³-hybridized carbons (Fsp3) is 0.222. The van der Waals surface area contributed by atoms with E-state index in [0.717, 1.165) is 0 Å². The van der Waals surface area contributed by atoms with E-state index in [0.29, 0.717) is 0 Å². The molecule has 8 heteroatoms. The maximum absolute atomic E-state index is 13.5. The molecule has 2 rings (SSSR count). The summed E-state index contributed by atoms with van der Waals surface area (Å²) in [7, 11) is -3.62. The first-order chi connectivity index (χ1) is 12.3. The third kappa shape index (κ3) is 5.38. The lowest BCUT2D eigenvalue weighted by Gasteiger charge is -2.14. The van der Waals surface area contributed by atoms with Gasteiger partial charge in [-0.2, -0.15) is 0 Å². The minimum Gasteiger partial charge on any atom is -0.453 e. The third-order valence-electron chi connectivity index (χ3n) is 3.49. The molecule has 0 aromatic heterocycles. The van der Waals surface area contributed by atoms with Crippen LogP contribution in [0.2, 0.25) is 0 Å². The van der Waals surface area contributed by atoms with Crippen molar-refractivity contribution in [1.29, 1.82) is 0 Å². The molecule has 0 spiro atoms. The molecule has 0 saturated carbocycles. The lowest BCUT2D eigenvalue weighted by Crippen LogP contribution is -2.30. The van der Waals surface area contributed by atoms with Gasteiger partial charge in [0, 0.05) is 0 Å². The Morgan fingerprint density at radius 1 is 1.08 bits per heavy atom. The molecule has 0 radical (unpaired) electrons. The molecule has 0 aliphatic carbocycles. The van der Waals surface area contributed by atoms with E-state index in [4.69, 9.17) is 4.74 Å². The van der Waals surface area contributed by atoms with E-state index in [-0.39, 0.29) is 10.6 Å². The second kappa shape index (κ2) is 8.57. The third-order valence-corrected chi connectivity index (χ3v) is 5.22. The van der Waals surface area contributed by atoms with Gasteiger partial charge in [-0.25, -0.2) is 12.8 Å². The zero-order valence-electron chi connectivity index (χ0n) is 14.0. The van der Waals surface area contributed by atoms with Gasteiger partial charge in [0.05, 0.1) is 22.8 Å². The number of ether oxygens (including phenoxy) is 1. The van der Waals surface area contributed by atoms with E-state index < -0.39 is 45.8 Å². The molecule has 0 bridgehead atoms. The van der Waals surface area contributed by atoms with E-state index >= 15 is 0 Å². The molecule has 138 valence electrons. The van der Waals surface area contributed by atoms with Crippen molar-refractivity contribution in [2.45, 2.75) is 24.3 Å². The molecule has 0 fully saturated rings. The van der Waals surface area contributed by atoms with Crippen molar-refractivity contribution in [3.8, 4) is 0 Å². The molecule has 2 aromatic rings. The number of amides is 1. The van der Waals surface area contributed by atoms with Gasteiger partial charge in [-0.05, 0) is 31.2 Å². The van der Waals surface area contributed by atoms with Crippen LogP contribution in [0.25, 0.3) is 0 Å². The van der Waals surface area contributed by atoms with E-state index in [9.17, 15) is 22.4 Å². The molecule has 1 atom stereocenters. The van der Waals surface area contributed by atoms with Crippen LogP contribution in [0.4, 0.5) is 10.1 Å². The van der Waals surface area contributed by atoms with Crippen LogP contribution >= 0.6 is 0 Å². The molecule has 6 nitrogen and oxygen atoms in total. The zero-order valence-corrected chi connectivity index (χ0v) is 14.8. The SMILES string of the molecule is C[C@@H](OC(=O)CCS(=O)(=O)c1ccccc1)C(=O)Nc1ccccc1F. The Morgan fingerprint density at radius 2 is 1.69 bits per heavy atom. The van der Waals surface area contributed by atoms with Gasteiger partial charge in [0.1, 0.15) is 5.82 Å². The first kappa shape index (κ1) is 19.6. The Balaban J connectivity index is 1.87. The number of halogens is 1. The number of hydrogen-bond acceptors (Lipinski definition) is 5. The van der Waals surface area contributed by atoms with Crippen molar-refractivity contribution in [2.75, 3.05) is 11.1 Å². The number of benzene rings is 2. The first-order valence-electron chi connectivity index (χ1n) is 7.82. The largest absolute Gasteiger partial charge is 0.453 e. The summed E-state index contributed by atoms with van der Waals surface area (Å²) in [6, 6.07) is 13.3. The fourth-order valence-corrected chi connectivity index (χ4v) is 3.31. The Labute approximate surface area is 150 Å². The number of esters is 1. The normalized spacial score (nSPS) is 12.2. The first-order valence-corrected chi connectivity index (χ1v) is 9.47. The van der Waals surface area contributed by atoms with E-state index in [1.807, 2.05) is 0 Å². The number of carbonyl (C=O) groups excluding carboxylic acids is 2. The second-order valence-corrected chi connectivity index (χ2v) is 7.59. The number of anilines is 1. The molecule has 1 N–H and O–H groups in total. The highest BCUT2D eigenvalue weighted by Gasteiger charge is 2.21. The number of carbonyl (C=O) groups is 2. The molecule has 0 aliphatic heterocycles.